The average Bonchev–Trinajstić information content (AvgIpc) is 2.28. The summed E-state index contributed by atoms with van der Waals surface area (Å²) >= 11 is 1.44. The molecule has 0 aliphatic rings. The standard InChI is InChI=1S/C12H16F3NS/c1-2-10(16)8-17-7-9-5-3-4-6-11(9)12(13,14)15/h3-6,10H,2,7-8,16H2,1H3. The lowest BCUT2D eigenvalue weighted by Gasteiger charge is -2.13. The highest BCUT2D eigenvalue weighted by atomic mass is 32.2. The fraction of sp³-hybridized carbons (Fsp3) is 0.500. The van der Waals surface area contributed by atoms with Gasteiger partial charge >= 0.3 is 6.18 Å². The molecule has 0 amide bonds. The Balaban J connectivity index is 2.65. The van der Waals surface area contributed by atoms with Gasteiger partial charge in [-0.05, 0) is 18.1 Å². The molecule has 96 valence electrons. The van der Waals surface area contributed by atoms with Crippen LogP contribution in [0.3, 0.4) is 0 Å². The summed E-state index contributed by atoms with van der Waals surface area (Å²) < 4.78 is 38.0. The van der Waals surface area contributed by atoms with Crippen molar-refractivity contribution in [3.05, 3.63) is 35.4 Å². The van der Waals surface area contributed by atoms with Crippen molar-refractivity contribution < 1.29 is 13.2 Å². The molecule has 0 heterocycles. The summed E-state index contributed by atoms with van der Waals surface area (Å²) in [5.74, 6) is 1.03. The summed E-state index contributed by atoms with van der Waals surface area (Å²) in [6.45, 7) is 1.97. The molecule has 0 bridgehead atoms. The van der Waals surface area contributed by atoms with Crippen LogP contribution in [0.1, 0.15) is 24.5 Å². The Morgan fingerprint density at radius 1 is 1.29 bits per heavy atom. The molecule has 2 N–H and O–H groups in total. The molecule has 0 radical (unpaired) electrons. The molecule has 1 aromatic carbocycles. The summed E-state index contributed by atoms with van der Waals surface area (Å²) in [4.78, 5) is 0. The van der Waals surface area contributed by atoms with Crippen LogP contribution in [0.25, 0.3) is 0 Å². The number of halogens is 3. The van der Waals surface area contributed by atoms with Crippen molar-refractivity contribution in [3.63, 3.8) is 0 Å². The van der Waals surface area contributed by atoms with Crippen LogP contribution >= 0.6 is 11.8 Å². The molecule has 0 spiro atoms. The monoisotopic (exact) mass is 263 g/mol. The van der Waals surface area contributed by atoms with Crippen molar-refractivity contribution in [2.75, 3.05) is 5.75 Å². The van der Waals surface area contributed by atoms with Gasteiger partial charge in [0.2, 0.25) is 0 Å². The fourth-order valence-electron chi connectivity index (χ4n) is 1.36. The second-order valence-corrected chi connectivity index (χ2v) is 4.87. The minimum Gasteiger partial charge on any atom is -0.327 e. The van der Waals surface area contributed by atoms with Crippen molar-refractivity contribution in [2.45, 2.75) is 31.3 Å². The van der Waals surface area contributed by atoms with E-state index >= 15 is 0 Å². The summed E-state index contributed by atoms with van der Waals surface area (Å²) in [7, 11) is 0. The number of benzene rings is 1. The molecule has 1 atom stereocenters. The highest BCUT2D eigenvalue weighted by Crippen LogP contribution is 2.33. The van der Waals surface area contributed by atoms with E-state index in [2.05, 4.69) is 0 Å². The maximum Gasteiger partial charge on any atom is 0.416 e. The Hall–Kier alpha value is -0.680. The van der Waals surface area contributed by atoms with E-state index in [9.17, 15) is 13.2 Å². The third-order valence-electron chi connectivity index (χ3n) is 2.44. The summed E-state index contributed by atoms with van der Waals surface area (Å²) in [5.41, 5.74) is 5.50. The van der Waals surface area contributed by atoms with E-state index in [0.29, 0.717) is 17.1 Å². The zero-order chi connectivity index (χ0) is 12.9. The fourth-order valence-corrected chi connectivity index (χ4v) is 2.49. The van der Waals surface area contributed by atoms with Crippen LogP contribution in [0.5, 0.6) is 0 Å². The van der Waals surface area contributed by atoms with Crippen molar-refractivity contribution in [2.24, 2.45) is 5.73 Å². The molecular formula is C12H16F3NS. The van der Waals surface area contributed by atoms with Crippen molar-refractivity contribution in [3.8, 4) is 0 Å². The highest BCUT2D eigenvalue weighted by Gasteiger charge is 2.32. The van der Waals surface area contributed by atoms with E-state index in [1.807, 2.05) is 6.92 Å². The van der Waals surface area contributed by atoms with Gasteiger partial charge in [0.05, 0.1) is 5.56 Å². The summed E-state index contributed by atoms with van der Waals surface area (Å²) in [6, 6.07) is 5.74. The van der Waals surface area contributed by atoms with Crippen LogP contribution in [0.15, 0.2) is 24.3 Å². The lowest BCUT2D eigenvalue weighted by Crippen LogP contribution is -2.21. The third kappa shape index (κ3) is 4.60. The first-order chi connectivity index (χ1) is 7.95. The second kappa shape index (κ2) is 6.31. The van der Waals surface area contributed by atoms with E-state index in [-0.39, 0.29) is 6.04 Å². The molecule has 0 aliphatic carbocycles. The van der Waals surface area contributed by atoms with Crippen LogP contribution in [-0.2, 0) is 11.9 Å². The summed E-state index contributed by atoms with van der Waals surface area (Å²) in [6.07, 6.45) is -3.43. The Morgan fingerprint density at radius 2 is 1.94 bits per heavy atom. The van der Waals surface area contributed by atoms with Gasteiger partial charge < -0.3 is 5.73 Å². The molecule has 1 rings (SSSR count). The van der Waals surface area contributed by atoms with E-state index in [0.717, 1.165) is 12.5 Å². The van der Waals surface area contributed by atoms with Gasteiger partial charge in [-0.15, -0.1) is 0 Å². The molecule has 0 aliphatic heterocycles. The molecule has 1 unspecified atom stereocenters. The van der Waals surface area contributed by atoms with Crippen LogP contribution in [0, 0.1) is 0 Å². The molecule has 17 heavy (non-hydrogen) atoms. The number of nitrogens with two attached hydrogens (primary N) is 1. The van der Waals surface area contributed by atoms with Crippen LogP contribution in [0.2, 0.25) is 0 Å². The molecule has 1 nitrogen and oxygen atoms in total. The Bertz CT molecular complexity index is 352. The SMILES string of the molecule is CCC(N)CSCc1ccccc1C(F)(F)F. The molecule has 1 aromatic rings. The number of alkyl halides is 3. The Morgan fingerprint density at radius 3 is 2.53 bits per heavy atom. The lowest BCUT2D eigenvalue weighted by atomic mass is 10.1. The molecule has 0 aromatic heterocycles. The van der Waals surface area contributed by atoms with Gasteiger partial charge in [-0.2, -0.15) is 24.9 Å². The topological polar surface area (TPSA) is 26.0 Å². The van der Waals surface area contributed by atoms with Crippen molar-refractivity contribution in [1.29, 1.82) is 0 Å². The van der Waals surface area contributed by atoms with Crippen LogP contribution in [0.4, 0.5) is 13.2 Å². The molecular weight excluding hydrogens is 247 g/mol. The second-order valence-electron chi connectivity index (χ2n) is 3.84. The average molecular weight is 263 g/mol. The van der Waals surface area contributed by atoms with Crippen molar-refractivity contribution in [1.82, 2.24) is 0 Å². The number of thioether (sulfide) groups is 1. The quantitative estimate of drug-likeness (QED) is 0.877. The summed E-state index contributed by atoms with van der Waals surface area (Å²) in [5, 5.41) is 0. The van der Waals surface area contributed by atoms with E-state index in [4.69, 9.17) is 5.73 Å². The first-order valence-electron chi connectivity index (χ1n) is 5.43. The van der Waals surface area contributed by atoms with Gasteiger partial charge in [0, 0.05) is 17.5 Å². The van der Waals surface area contributed by atoms with Gasteiger partial charge in [0.25, 0.3) is 0 Å². The predicted octanol–water partition coefficient (Wildman–Crippen LogP) is 3.68. The molecule has 5 heteroatoms. The lowest BCUT2D eigenvalue weighted by molar-refractivity contribution is -0.138. The third-order valence-corrected chi connectivity index (χ3v) is 3.62. The van der Waals surface area contributed by atoms with E-state index in [1.165, 1.54) is 23.9 Å². The Labute approximate surface area is 104 Å². The number of rotatable bonds is 5. The maximum atomic E-state index is 12.7. The van der Waals surface area contributed by atoms with E-state index in [1.54, 1.807) is 6.07 Å². The zero-order valence-electron chi connectivity index (χ0n) is 9.63. The molecule has 0 saturated carbocycles. The van der Waals surface area contributed by atoms with Gasteiger partial charge in [-0.25, -0.2) is 0 Å². The molecule has 0 saturated heterocycles. The first-order valence-corrected chi connectivity index (χ1v) is 6.59. The van der Waals surface area contributed by atoms with Crippen LogP contribution < -0.4 is 5.73 Å². The van der Waals surface area contributed by atoms with Crippen molar-refractivity contribution >= 4 is 11.8 Å². The van der Waals surface area contributed by atoms with Gasteiger partial charge in [-0.3, -0.25) is 0 Å². The number of hydrogen-bond acceptors (Lipinski definition) is 2. The normalized spacial score (nSPS) is 13.7. The minimum atomic E-state index is -4.27. The first kappa shape index (κ1) is 14.4. The Kier molecular flexibility index (Phi) is 5.33. The van der Waals surface area contributed by atoms with E-state index < -0.39 is 11.7 Å². The largest absolute Gasteiger partial charge is 0.416 e. The highest BCUT2D eigenvalue weighted by molar-refractivity contribution is 7.98. The predicted molar refractivity (Wildman–Crippen MR) is 65.9 cm³/mol. The van der Waals surface area contributed by atoms with Gasteiger partial charge in [0.1, 0.15) is 0 Å². The zero-order valence-corrected chi connectivity index (χ0v) is 10.4. The van der Waals surface area contributed by atoms with Gasteiger partial charge in [-0.1, -0.05) is 25.1 Å². The minimum absolute atomic E-state index is 0.0537. The maximum absolute atomic E-state index is 12.7. The smallest absolute Gasteiger partial charge is 0.327 e. The number of hydrogen-bond donors (Lipinski definition) is 1. The molecule has 0 fully saturated rings. The van der Waals surface area contributed by atoms with Crippen LogP contribution in [-0.4, -0.2) is 11.8 Å². The van der Waals surface area contributed by atoms with Gasteiger partial charge in [0.15, 0.2) is 0 Å².